The van der Waals surface area contributed by atoms with E-state index in [1.807, 2.05) is 13.0 Å². The van der Waals surface area contributed by atoms with Gasteiger partial charge in [-0.1, -0.05) is 18.9 Å². The van der Waals surface area contributed by atoms with Gasteiger partial charge in [-0.15, -0.1) is 0 Å². The predicted octanol–water partition coefficient (Wildman–Crippen LogP) is 3.28. The van der Waals surface area contributed by atoms with Gasteiger partial charge >= 0.3 is 0 Å². The average molecular weight is 555 g/mol. The van der Waals surface area contributed by atoms with E-state index in [0.29, 0.717) is 30.7 Å². The highest BCUT2D eigenvalue weighted by molar-refractivity contribution is 7.59. The Morgan fingerprint density at radius 3 is 2.82 bits per heavy atom. The van der Waals surface area contributed by atoms with E-state index in [1.165, 1.54) is 36.7 Å². The maximum atomic E-state index is 12.6. The van der Waals surface area contributed by atoms with Gasteiger partial charge < -0.3 is 24.9 Å². The van der Waals surface area contributed by atoms with Crippen LogP contribution in [-0.4, -0.2) is 62.6 Å². The van der Waals surface area contributed by atoms with Crippen LogP contribution in [0, 0.1) is 13.8 Å². The molecule has 1 aromatic carbocycles. The highest BCUT2D eigenvalue weighted by Gasteiger charge is 2.22. The topological polar surface area (TPSA) is 126 Å². The summed E-state index contributed by atoms with van der Waals surface area (Å²) in [6, 6.07) is 6.17. The van der Waals surface area contributed by atoms with Crippen molar-refractivity contribution in [2.45, 2.75) is 71.2 Å². The van der Waals surface area contributed by atoms with Crippen molar-refractivity contribution in [2.75, 3.05) is 25.0 Å². The van der Waals surface area contributed by atoms with E-state index >= 15 is 0 Å². The lowest BCUT2D eigenvalue weighted by Gasteiger charge is -2.31. The number of amides is 1. The number of nitrogens with zero attached hydrogens (tertiary/aromatic N) is 4. The van der Waals surface area contributed by atoms with Gasteiger partial charge in [0.1, 0.15) is 30.2 Å². The Morgan fingerprint density at radius 2 is 2.05 bits per heavy atom. The van der Waals surface area contributed by atoms with Gasteiger partial charge in [0.25, 0.3) is 5.91 Å². The number of rotatable bonds is 10. The van der Waals surface area contributed by atoms with Crippen LogP contribution in [0.25, 0.3) is 0 Å². The number of oxazole rings is 1. The van der Waals surface area contributed by atoms with Crippen LogP contribution in [0.2, 0.25) is 0 Å². The molecule has 3 N–H and O–H groups in total. The summed E-state index contributed by atoms with van der Waals surface area (Å²) >= 11 is 0. The molecule has 1 fully saturated rings. The first kappa shape index (κ1) is 28.8. The Balaban J connectivity index is 0.00000353. The Kier molecular flexibility index (Phi) is 9.82. The summed E-state index contributed by atoms with van der Waals surface area (Å²) < 4.78 is 11.4. The molecular weight excluding hydrogens is 516 g/mol. The summed E-state index contributed by atoms with van der Waals surface area (Å²) in [5, 5.41) is 16.8. The molecule has 10 nitrogen and oxygen atoms in total. The van der Waals surface area contributed by atoms with Gasteiger partial charge in [-0.25, -0.2) is 15.0 Å². The molecule has 0 spiro atoms. The Bertz CT molecular complexity index is 1260. The molecule has 1 amide bonds. The van der Waals surface area contributed by atoms with Gasteiger partial charge in [-0.2, -0.15) is 13.5 Å². The number of β-amino-alcohol motifs (C(OH)–C–C–N with tert-alkyl or cyclic N) is 1. The van der Waals surface area contributed by atoms with Gasteiger partial charge in [0.05, 0.1) is 11.8 Å². The second kappa shape index (κ2) is 13.3. The third kappa shape index (κ3) is 7.28. The van der Waals surface area contributed by atoms with Crippen LogP contribution in [0.4, 0.5) is 5.82 Å². The number of aryl methyl sites for hydroxylation is 1. The molecule has 210 valence electrons. The molecule has 11 heteroatoms. The van der Waals surface area contributed by atoms with E-state index in [0.717, 1.165) is 55.1 Å². The van der Waals surface area contributed by atoms with Crippen molar-refractivity contribution in [3.63, 3.8) is 0 Å². The minimum Gasteiger partial charge on any atom is -0.485 e. The SMILES string of the molecule is Cc1ncoc1COc1ccc2c(c1C)CCN(C[C@@H](O)CNC(=O)c1cc(NC3CCCC3)ncn1)C2.S. The third-order valence-electron chi connectivity index (χ3n) is 7.50. The Labute approximate surface area is 236 Å². The largest absolute Gasteiger partial charge is 0.485 e. The van der Waals surface area contributed by atoms with Crippen LogP contribution in [0.3, 0.4) is 0 Å². The molecule has 3 aromatic rings. The molecule has 1 aliphatic carbocycles. The molecule has 5 rings (SSSR count). The van der Waals surface area contributed by atoms with Crippen molar-refractivity contribution in [1.29, 1.82) is 0 Å². The molecule has 0 saturated heterocycles. The summed E-state index contributed by atoms with van der Waals surface area (Å²) in [5.74, 6) is 1.94. The van der Waals surface area contributed by atoms with Gasteiger partial charge in [0.15, 0.2) is 12.2 Å². The summed E-state index contributed by atoms with van der Waals surface area (Å²) in [4.78, 5) is 27.3. The van der Waals surface area contributed by atoms with E-state index in [2.05, 4.69) is 43.5 Å². The van der Waals surface area contributed by atoms with Gasteiger partial charge in [0.2, 0.25) is 0 Å². The molecular formula is C28H38N6O4S. The molecule has 1 saturated carbocycles. The number of carbonyl (C=O) groups excluding carboxylic acids is 1. The standard InChI is InChI=1S/C28H36N6O4.H2S/c1-18-23-9-10-34(13-20(23)7-8-25(18)37-15-26-19(2)32-17-38-26)14-22(35)12-29-28(36)24-11-27(31-16-30-24)33-21-5-3-4-6-21;/h7-8,11,16-17,21-22,35H,3-6,9-10,12-15H2,1-2H3,(H,29,36)(H,30,31,33);1H2/t22-;/m0./s1. The van der Waals surface area contributed by atoms with Crippen LogP contribution in [0.1, 0.15) is 64.3 Å². The number of aliphatic hydroxyl groups excluding tert-OH is 1. The zero-order valence-electron chi connectivity index (χ0n) is 22.6. The first-order valence-corrected chi connectivity index (χ1v) is 13.4. The molecule has 1 atom stereocenters. The van der Waals surface area contributed by atoms with Crippen molar-refractivity contribution in [3.05, 3.63) is 64.8 Å². The Morgan fingerprint density at radius 1 is 1.23 bits per heavy atom. The van der Waals surface area contributed by atoms with Crippen molar-refractivity contribution in [3.8, 4) is 5.75 Å². The number of anilines is 1. The minimum absolute atomic E-state index is 0. The fraction of sp³-hybridized carbons (Fsp3) is 0.500. The molecule has 3 heterocycles. The van der Waals surface area contributed by atoms with Crippen LogP contribution in [-0.2, 0) is 19.6 Å². The molecule has 2 aromatic heterocycles. The van der Waals surface area contributed by atoms with Crippen molar-refractivity contribution in [2.24, 2.45) is 0 Å². The molecule has 0 bridgehead atoms. The maximum absolute atomic E-state index is 12.6. The lowest BCUT2D eigenvalue weighted by molar-refractivity contribution is 0.0837. The summed E-state index contributed by atoms with van der Waals surface area (Å²) in [6.45, 7) is 6.53. The second-order valence-electron chi connectivity index (χ2n) is 10.2. The van der Waals surface area contributed by atoms with Crippen LogP contribution in [0.5, 0.6) is 5.75 Å². The van der Waals surface area contributed by atoms with Crippen molar-refractivity contribution >= 4 is 25.2 Å². The van der Waals surface area contributed by atoms with Crippen molar-refractivity contribution < 1.29 is 19.1 Å². The van der Waals surface area contributed by atoms with Crippen LogP contribution < -0.4 is 15.4 Å². The van der Waals surface area contributed by atoms with Crippen LogP contribution in [0.15, 0.2) is 35.3 Å². The smallest absolute Gasteiger partial charge is 0.270 e. The lowest BCUT2D eigenvalue weighted by Crippen LogP contribution is -2.42. The third-order valence-corrected chi connectivity index (χ3v) is 7.50. The fourth-order valence-corrected chi connectivity index (χ4v) is 5.30. The van der Waals surface area contributed by atoms with E-state index in [1.54, 1.807) is 6.07 Å². The molecule has 0 radical (unpaired) electrons. The highest BCUT2D eigenvalue weighted by Crippen LogP contribution is 2.30. The number of nitrogens with one attached hydrogen (secondary N) is 2. The van der Waals surface area contributed by atoms with Gasteiger partial charge in [-0.3, -0.25) is 9.69 Å². The normalized spacial score (nSPS) is 16.3. The lowest BCUT2D eigenvalue weighted by atomic mass is 9.94. The molecule has 0 unspecified atom stereocenters. The first-order chi connectivity index (χ1) is 18.5. The molecule has 39 heavy (non-hydrogen) atoms. The quantitative estimate of drug-likeness (QED) is 0.346. The highest BCUT2D eigenvalue weighted by atomic mass is 32.1. The van der Waals surface area contributed by atoms with E-state index in [4.69, 9.17) is 9.15 Å². The average Bonchev–Trinajstić information content (AvgIpc) is 3.58. The predicted molar refractivity (Wildman–Crippen MR) is 152 cm³/mol. The van der Waals surface area contributed by atoms with Crippen LogP contribution >= 0.6 is 13.5 Å². The van der Waals surface area contributed by atoms with Gasteiger partial charge in [0, 0.05) is 38.3 Å². The van der Waals surface area contributed by atoms with E-state index in [9.17, 15) is 9.90 Å². The van der Waals surface area contributed by atoms with E-state index in [-0.39, 0.29) is 25.9 Å². The monoisotopic (exact) mass is 554 g/mol. The number of aliphatic hydroxyl groups is 1. The number of aromatic nitrogens is 3. The minimum atomic E-state index is -0.688. The number of fused-ring (bicyclic) bond motifs is 1. The molecule has 2 aliphatic rings. The number of carbonyl (C=O) groups is 1. The molecule has 1 aliphatic heterocycles. The Hall–Kier alpha value is -3.15. The van der Waals surface area contributed by atoms with Crippen molar-refractivity contribution in [1.82, 2.24) is 25.2 Å². The zero-order chi connectivity index (χ0) is 26.5. The maximum Gasteiger partial charge on any atom is 0.270 e. The fourth-order valence-electron chi connectivity index (χ4n) is 5.30. The van der Waals surface area contributed by atoms with E-state index < -0.39 is 6.10 Å². The summed E-state index contributed by atoms with van der Waals surface area (Å²) in [6.07, 6.45) is 7.70. The number of benzene rings is 1. The zero-order valence-corrected chi connectivity index (χ0v) is 23.6. The number of ether oxygens (including phenoxy) is 1. The first-order valence-electron chi connectivity index (χ1n) is 13.4. The second-order valence-corrected chi connectivity index (χ2v) is 10.2. The summed E-state index contributed by atoms with van der Waals surface area (Å²) in [5.41, 5.74) is 4.80. The van der Waals surface area contributed by atoms with Gasteiger partial charge in [-0.05, 0) is 55.9 Å². The number of hydrogen-bond acceptors (Lipinski definition) is 9. The summed E-state index contributed by atoms with van der Waals surface area (Å²) in [7, 11) is 0. The number of hydrogen-bond donors (Lipinski definition) is 3.